The molecule has 7 nitrogen and oxygen atoms in total. The summed E-state index contributed by atoms with van der Waals surface area (Å²) in [7, 11) is 0. The summed E-state index contributed by atoms with van der Waals surface area (Å²) in [5.74, 6) is 0.940. The molecule has 3 aromatic rings. The van der Waals surface area contributed by atoms with Crippen LogP contribution in [0.5, 0.6) is 5.75 Å². The van der Waals surface area contributed by atoms with Crippen LogP contribution in [-0.2, 0) is 0 Å². The Bertz CT molecular complexity index is 1250. The molecule has 2 aromatic carbocycles. The Hall–Kier alpha value is -3.32. The van der Waals surface area contributed by atoms with Crippen molar-refractivity contribution < 1.29 is 9.53 Å². The number of hydrogen-bond donors (Lipinski definition) is 0. The summed E-state index contributed by atoms with van der Waals surface area (Å²) in [6.45, 7) is 6.31. The summed E-state index contributed by atoms with van der Waals surface area (Å²) < 4.78 is 7.30. The SMILES string of the molecule is C[C@@H]1Oc2c(C(=O)N3CCN(c4cnn(-c5ccccc5)c(=O)c4Cl)CC3)cccc2[C@@H]1C. The van der Waals surface area contributed by atoms with Crippen LogP contribution >= 0.6 is 11.6 Å². The number of para-hydroxylation sites is 2. The third kappa shape index (κ3) is 3.76. The van der Waals surface area contributed by atoms with Gasteiger partial charge in [-0.2, -0.15) is 9.78 Å². The second-order valence-electron chi connectivity index (χ2n) is 8.51. The van der Waals surface area contributed by atoms with Gasteiger partial charge in [-0.1, -0.05) is 48.9 Å². The van der Waals surface area contributed by atoms with Crippen LogP contribution in [0.1, 0.15) is 35.7 Å². The zero-order chi connectivity index (χ0) is 23.1. The molecule has 8 heteroatoms. The minimum Gasteiger partial charge on any atom is -0.489 e. The van der Waals surface area contributed by atoms with E-state index in [-0.39, 0.29) is 28.5 Å². The molecule has 2 aliphatic rings. The van der Waals surface area contributed by atoms with Crippen molar-refractivity contribution in [3.63, 3.8) is 0 Å². The summed E-state index contributed by atoms with van der Waals surface area (Å²) in [5, 5.41) is 4.45. The number of halogens is 1. The summed E-state index contributed by atoms with van der Waals surface area (Å²) in [6, 6.07) is 15.0. The number of benzene rings is 2. The molecular weight excluding hydrogens is 440 g/mol. The first-order valence-corrected chi connectivity index (χ1v) is 11.5. The fourth-order valence-corrected chi connectivity index (χ4v) is 4.72. The predicted molar refractivity (Wildman–Crippen MR) is 128 cm³/mol. The number of fused-ring (bicyclic) bond motifs is 1. The van der Waals surface area contributed by atoms with Gasteiger partial charge in [-0.3, -0.25) is 9.59 Å². The summed E-state index contributed by atoms with van der Waals surface area (Å²) in [6.07, 6.45) is 1.67. The van der Waals surface area contributed by atoms with Crippen LogP contribution in [-0.4, -0.2) is 52.9 Å². The molecule has 1 fully saturated rings. The number of amides is 1. The first kappa shape index (κ1) is 21.5. The molecule has 33 heavy (non-hydrogen) atoms. The zero-order valence-electron chi connectivity index (χ0n) is 18.6. The van der Waals surface area contributed by atoms with Crippen molar-refractivity contribution in [1.82, 2.24) is 14.7 Å². The number of aromatic nitrogens is 2. The third-order valence-corrected chi connectivity index (χ3v) is 6.94. The van der Waals surface area contributed by atoms with Crippen molar-refractivity contribution in [3.05, 3.63) is 81.2 Å². The largest absolute Gasteiger partial charge is 0.489 e. The van der Waals surface area contributed by atoms with Gasteiger partial charge in [-0.15, -0.1) is 0 Å². The van der Waals surface area contributed by atoms with E-state index >= 15 is 0 Å². The molecule has 0 radical (unpaired) electrons. The minimum absolute atomic E-state index is 0.0310. The molecule has 0 unspecified atom stereocenters. The molecule has 3 heterocycles. The quantitative estimate of drug-likeness (QED) is 0.590. The molecule has 0 bridgehead atoms. The third-order valence-electron chi connectivity index (χ3n) is 6.58. The van der Waals surface area contributed by atoms with Crippen molar-refractivity contribution >= 4 is 23.2 Å². The van der Waals surface area contributed by atoms with Gasteiger partial charge in [0, 0.05) is 37.7 Å². The van der Waals surface area contributed by atoms with Gasteiger partial charge in [-0.25, -0.2) is 0 Å². The van der Waals surface area contributed by atoms with E-state index in [4.69, 9.17) is 16.3 Å². The van der Waals surface area contributed by atoms with Crippen molar-refractivity contribution in [2.24, 2.45) is 0 Å². The highest BCUT2D eigenvalue weighted by atomic mass is 35.5. The summed E-state index contributed by atoms with van der Waals surface area (Å²) >= 11 is 6.46. The number of carbonyl (C=O) groups is 1. The topological polar surface area (TPSA) is 67.7 Å². The molecule has 0 saturated carbocycles. The molecule has 0 spiro atoms. The maximum Gasteiger partial charge on any atom is 0.292 e. The fourth-order valence-electron chi connectivity index (χ4n) is 4.47. The number of rotatable bonds is 3. The maximum atomic E-state index is 13.3. The number of carbonyl (C=O) groups excluding carboxylic acids is 1. The van der Waals surface area contributed by atoms with Gasteiger partial charge in [0.1, 0.15) is 16.9 Å². The Morgan fingerprint density at radius 1 is 1.03 bits per heavy atom. The second kappa shape index (κ2) is 8.56. The average molecular weight is 465 g/mol. The van der Waals surface area contributed by atoms with E-state index < -0.39 is 0 Å². The molecule has 0 aliphatic carbocycles. The Kier molecular flexibility index (Phi) is 5.58. The lowest BCUT2D eigenvalue weighted by atomic mass is 9.96. The highest BCUT2D eigenvalue weighted by Gasteiger charge is 2.33. The fraction of sp³-hybridized carbons (Fsp3) is 0.320. The highest BCUT2D eigenvalue weighted by molar-refractivity contribution is 6.33. The Morgan fingerprint density at radius 2 is 1.76 bits per heavy atom. The van der Waals surface area contributed by atoms with Crippen LogP contribution < -0.4 is 15.2 Å². The normalized spacial score (nSPS) is 19.8. The molecular formula is C25H25ClN4O3. The van der Waals surface area contributed by atoms with E-state index in [1.54, 1.807) is 18.3 Å². The molecule has 0 N–H and O–H groups in total. The van der Waals surface area contributed by atoms with Crippen LogP contribution in [0, 0.1) is 0 Å². The number of nitrogens with zero attached hydrogens (tertiary/aromatic N) is 4. The van der Waals surface area contributed by atoms with E-state index in [9.17, 15) is 9.59 Å². The lowest BCUT2D eigenvalue weighted by molar-refractivity contribution is 0.0741. The first-order valence-electron chi connectivity index (χ1n) is 11.1. The Morgan fingerprint density at radius 3 is 2.48 bits per heavy atom. The van der Waals surface area contributed by atoms with E-state index in [2.05, 4.69) is 12.0 Å². The summed E-state index contributed by atoms with van der Waals surface area (Å²) in [5.41, 5.74) is 2.59. The monoisotopic (exact) mass is 464 g/mol. The Balaban J connectivity index is 1.32. The van der Waals surface area contributed by atoms with Crippen molar-refractivity contribution in [3.8, 4) is 11.4 Å². The van der Waals surface area contributed by atoms with E-state index in [1.165, 1.54) is 4.68 Å². The molecule has 1 saturated heterocycles. The van der Waals surface area contributed by atoms with Crippen LogP contribution in [0.4, 0.5) is 5.69 Å². The number of ether oxygens (including phenoxy) is 1. The van der Waals surface area contributed by atoms with Gasteiger partial charge >= 0.3 is 0 Å². The van der Waals surface area contributed by atoms with Crippen molar-refractivity contribution in [1.29, 1.82) is 0 Å². The standard InChI is InChI=1S/C25H25ClN4O3/c1-16-17(2)33-23-19(16)9-6-10-20(23)24(31)29-13-11-28(12-14-29)21-15-27-30(25(32)22(21)26)18-7-4-3-5-8-18/h3-10,15-17H,11-14H2,1-2H3/t16-,17+/m1/s1. The van der Waals surface area contributed by atoms with E-state index in [1.807, 2.05) is 53.1 Å². The van der Waals surface area contributed by atoms with Gasteiger partial charge in [0.15, 0.2) is 0 Å². The molecule has 2 atom stereocenters. The van der Waals surface area contributed by atoms with E-state index in [0.29, 0.717) is 48.9 Å². The Labute approximate surface area is 197 Å². The average Bonchev–Trinajstić information content (AvgIpc) is 3.14. The van der Waals surface area contributed by atoms with Gasteiger partial charge in [-0.05, 0) is 25.1 Å². The predicted octanol–water partition coefficient (Wildman–Crippen LogP) is 3.73. The van der Waals surface area contributed by atoms with Gasteiger partial charge < -0.3 is 14.5 Å². The lowest BCUT2D eigenvalue weighted by Crippen LogP contribution is -2.49. The first-order chi connectivity index (χ1) is 16.0. The molecule has 5 rings (SSSR count). The number of hydrogen-bond acceptors (Lipinski definition) is 5. The van der Waals surface area contributed by atoms with Crippen molar-refractivity contribution in [2.45, 2.75) is 25.9 Å². The van der Waals surface area contributed by atoms with Crippen LogP contribution in [0.2, 0.25) is 5.02 Å². The zero-order valence-corrected chi connectivity index (χ0v) is 19.3. The molecule has 1 amide bonds. The van der Waals surface area contributed by atoms with Gasteiger partial charge in [0.2, 0.25) is 0 Å². The minimum atomic E-state index is -0.362. The highest BCUT2D eigenvalue weighted by Crippen LogP contribution is 2.40. The van der Waals surface area contributed by atoms with Crippen LogP contribution in [0.3, 0.4) is 0 Å². The smallest absolute Gasteiger partial charge is 0.292 e. The van der Waals surface area contributed by atoms with E-state index in [0.717, 1.165) is 5.56 Å². The lowest BCUT2D eigenvalue weighted by Gasteiger charge is -2.36. The molecule has 170 valence electrons. The maximum absolute atomic E-state index is 13.3. The second-order valence-corrected chi connectivity index (χ2v) is 8.89. The van der Waals surface area contributed by atoms with Crippen LogP contribution in [0.25, 0.3) is 5.69 Å². The molecule has 2 aliphatic heterocycles. The van der Waals surface area contributed by atoms with Crippen LogP contribution in [0.15, 0.2) is 59.5 Å². The molecule has 1 aromatic heterocycles. The summed E-state index contributed by atoms with van der Waals surface area (Å²) in [4.78, 5) is 29.9. The van der Waals surface area contributed by atoms with Crippen molar-refractivity contribution in [2.75, 3.05) is 31.1 Å². The van der Waals surface area contributed by atoms with Gasteiger partial charge in [0.05, 0.1) is 23.1 Å². The van der Waals surface area contributed by atoms with Gasteiger partial charge in [0.25, 0.3) is 11.5 Å². The number of piperazine rings is 1. The number of anilines is 1.